The number of unbranched alkanes of at least 4 members (excludes halogenated alkanes) is 1. The summed E-state index contributed by atoms with van der Waals surface area (Å²) in [6.07, 6.45) is -3.06. The van der Waals surface area contributed by atoms with Gasteiger partial charge in [0.05, 0.1) is 10.5 Å². The lowest BCUT2D eigenvalue weighted by molar-refractivity contribution is -0.385. The van der Waals surface area contributed by atoms with Crippen LogP contribution in [0.1, 0.15) is 18.4 Å². The molecule has 5 nitrogen and oxygen atoms in total. The topological polar surface area (TPSA) is 58.4 Å². The molecule has 0 atom stereocenters. The van der Waals surface area contributed by atoms with E-state index in [2.05, 4.69) is 5.32 Å². The largest absolute Gasteiger partial charge is 0.418 e. The van der Waals surface area contributed by atoms with Crippen molar-refractivity contribution in [3.05, 3.63) is 33.9 Å². The van der Waals surface area contributed by atoms with Crippen molar-refractivity contribution in [2.24, 2.45) is 0 Å². The Morgan fingerprint density at radius 3 is 2.48 bits per heavy atom. The normalized spacial score (nSPS) is 11.7. The minimum atomic E-state index is -4.63. The predicted octanol–water partition coefficient (Wildman–Crippen LogP) is 3.37. The Morgan fingerprint density at radius 2 is 1.95 bits per heavy atom. The summed E-state index contributed by atoms with van der Waals surface area (Å²) in [7, 11) is 3.84. The highest BCUT2D eigenvalue weighted by Gasteiger charge is 2.35. The van der Waals surface area contributed by atoms with Crippen LogP contribution in [0, 0.1) is 10.1 Å². The van der Waals surface area contributed by atoms with Crippen molar-refractivity contribution in [1.82, 2.24) is 4.90 Å². The molecule has 0 bridgehead atoms. The molecule has 0 saturated heterocycles. The average Bonchev–Trinajstić information content (AvgIpc) is 2.36. The van der Waals surface area contributed by atoms with Gasteiger partial charge in [0.2, 0.25) is 0 Å². The van der Waals surface area contributed by atoms with Gasteiger partial charge in [0.15, 0.2) is 0 Å². The molecule has 0 aliphatic carbocycles. The van der Waals surface area contributed by atoms with Crippen LogP contribution in [0.5, 0.6) is 0 Å². The van der Waals surface area contributed by atoms with Crippen molar-refractivity contribution in [3.8, 4) is 0 Å². The van der Waals surface area contributed by atoms with Crippen LogP contribution in [0.2, 0.25) is 0 Å². The minimum Gasteiger partial charge on any atom is -0.385 e. The van der Waals surface area contributed by atoms with Crippen LogP contribution in [0.25, 0.3) is 0 Å². The number of non-ortho nitro benzene ring substituents is 1. The summed E-state index contributed by atoms with van der Waals surface area (Å²) >= 11 is 0. The Hall–Kier alpha value is -1.83. The van der Waals surface area contributed by atoms with E-state index in [-0.39, 0.29) is 5.69 Å². The molecule has 1 aromatic carbocycles. The molecular weight excluding hydrogens is 287 g/mol. The average molecular weight is 305 g/mol. The third kappa shape index (κ3) is 5.58. The first-order chi connectivity index (χ1) is 9.71. The molecule has 8 heteroatoms. The number of anilines is 1. The lowest BCUT2D eigenvalue weighted by Crippen LogP contribution is -2.15. The molecule has 0 unspecified atom stereocenters. The van der Waals surface area contributed by atoms with E-state index >= 15 is 0 Å². The Balaban J connectivity index is 2.75. The lowest BCUT2D eigenvalue weighted by atomic mass is 10.1. The van der Waals surface area contributed by atoms with Crippen LogP contribution in [0.3, 0.4) is 0 Å². The van der Waals surface area contributed by atoms with E-state index < -0.39 is 22.4 Å². The zero-order chi connectivity index (χ0) is 16.0. The molecule has 1 rings (SSSR count). The SMILES string of the molecule is CN(C)CCCCNc1ccc([N+](=O)[O-])cc1C(F)(F)F. The minimum absolute atomic E-state index is 0.127. The van der Waals surface area contributed by atoms with Gasteiger partial charge in [-0.2, -0.15) is 13.2 Å². The molecule has 0 fully saturated rings. The smallest absolute Gasteiger partial charge is 0.385 e. The van der Waals surface area contributed by atoms with Gasteiger partial charge in [0.1, 0.15) is 0 Å². The number of alkyl halides is 3. The van der Waals surface area contributed by atoms with Crippen molar-refractivity contribution >= 4 is 11.4 Å². The van der Waals surface area contributed by atoms with Crippen molar-refractivity contribution in [2.75, 3.05) is 32.5 Å². The maximum atomic E-state index is 12.9. The fourth-order valence-electron chi connectivity index (χ4n) is 1.81. The Kier molecular flexibility index (Phi) is 5.95. The number of nitrogens with zero attached hydrogens (tertiary/aromatic N) is 2. The standard InChI is InChI=1S/C13H18F3N3O2/c1-18(2)8-4-3-7-17-12-6-5-10(19(20)21)9-11(12)13(14,15)16/h5-6,9,17H,3-4,7-8H2,1-2H3. The molecule has 118 valence electrons. The van der Waals surface area contributed by atoms with Gasteiger partial charge in [-0.25, -0.2) is 0 Å². The van der Waals surface area contributed by atoms with E-state index in [1.165, 1.54) is 0 Å². The molecule has 0 aromatic heterocycles. The van der Waals surface area contributed by atoms with Gasteiger partial charge in [-0.3, -0.25) is 10.1 Å². The van der Waals surface area contributed by atoms with Gasteiger partial charge in [-0.15, -0.1) is 0 Å². The highest BCUT2D eigenvalue weighted by molar-refractivity contribution is 5.57. The molecule has 0 heterocycles. The van der Waals surface area contributed by atoms with Crippen molar-refractivity contribution < 1.29 is 18.1 Å². The molecule has 1 aromatic rings. The third-order valence-corrected chi connectivity index (χ3v) is 2.87. The summed E-state index contributed by atoms with van der Waals surface area (Å²) in [5.74, 6) is 0. The van der Waals surface area contributed by atoms with Gasteiger partial charge in [-0.05, 0) is 39.5 Å². The first kappa shape index (κ1) is 17.2. The first-order valence-corrected chi connectivity index (χ1v) is 6.46. The third-order valence-electron chi connectivity index (χ3n) is 2.87. The summed E-state index contributed by atoms with van der Waals surface area (Å²) < 4.78 is 38.7. The van der Waals surface area contributed by atoms with E-state index in [0.717, 1.165) is 25.1 Å². The molecule has 0 radical (unpaired) electrons. The summed E-state index contributed by atoms with van der Waals surface area (Å²) in [5, 5.41) is 13.3. The molecule has 0 aliphatic rings. The molecule has 0 spiro atoms. The monoisotopic (exact) mass is 305 g/mol. The van der Waals surface area contributed by atoms with E-state index in [4.69, 9.17) is 0 Å². The fourth-order valence-corrected chi connectivity index (χ4v) is 1.81. The second-order valence-electron chi connectivity index (χ2n) is 4.92. The van der Waals surface area contributed by atoms with E-state index in [1.807, 2.05) is 19.0 Å². The number of nitrogens with one attached hydrogen (secondary N) is 1. The summed E-state index contributed by atoms with van der Waals surface area (Å²) in [5.41, 5.74) is -1.71. The number of benzene rings is 1. The first-order valence-electron chi connectivity index (χ1n) is 6.46. The molecular formula is C13H18F3N3O2. The highest BCUT2D eigenvalue weighted by Crippen LogP contribution is 2.37. The number of nitro benzene ring substituents is 1. The lowest BCUT2D eigenvalue weighted by Gasteiger charge is -2.15. The van der Waals surface area contributed by atoms with Crippen LogP contribution in [0.15, 0.2) is 18.2 Å². The summed E-state index contributed by atoms with van der Waals surface area (Å²) in [4.78, 5) is 11.7. The maximum Gasteiger partial charge on any atom is 0.418 e. The second-order valence-corrected chi connectivity index (χ2v) is 4.92. The van der Waals surface area contributed by atoms with Crippen molar-refractivity contribution in [2.45, 2.75) is 19.0 Å². The maximum absolute atomic E-state index is 12.9. The van der Waals surface area contributed by atoms with E-state index in [1.54, 1.807) is 0 Å². The van der Waals surface area contributed by atoms with Crippen molar-refractivity contribution in [1.29, 1.82) is 0 Å². The van der Waals surface area contributed by atoms with Crippen LogP contribution < -0.4 is 5.32 Å². The van der Waals surface area contributed by atoms with Gasteiger partial charge in [-0.1, -0.05) is 0 Å². The molecule has 0 aliphatic heterocycles. The second kappa shape index (κ2) is 7.26. The van der Waals surface area contributed by atoms with Crippen LogP contribution >= 0.6 is 0 Å². The van der Waals surface area contributed by atoms with Crippen LogP contribution in [-0.4, -0.2) is 37.0 Å². The van der Waals surface area contributed by atoms with E-state index in [0.29, 0.717) is 19.0 Å². The zero-order valence-corrected chi connectivity index (χ0v) is 11.9. The molecule has 1 N–H and O–H groups in total. The van der Waals surface area contributed by atoms with Crippen LogP contribution in [-0.2, 0) is 6.18 Å². The quantitative estimate of drug-likeness (QED) is 0.477. The molecule has 0 amide bonds. The molecule has 0 saturated carbocycles. The van der Waals surface area contributed by atoms with Gasteiger partial charge >= 0.3 is 6.18 Å². The number of rotatable bonds is 7. The fraction of sp³-hybridized carbons (Fsp3) is 0.538. The van der Waals surface area contributed by atoms with Crippen LogP contribution in [0.4, 0.5) is 24.5 Å². The number of nitro groups is 1. The Morgan fingerprint density at radius 1 is 1.29 bits per heavy atom. The Bertz CT molecular complexity index is 490. The Labute approximate surface area is 120 Å². The molecule has 21 heavy (non-hydrogen) atoms. The number of hydrogen-bond acceptors (Lipinski definition) is 4. The van der Waals surface area contributed by atoms with Gasteiger partial charge in [0.25, 0.3) is 5.69 Å². The van der Waals surface area contributed by atoms with Gasteiger partial charge in [0, 0.05) is 24.4 Å². The zero-order valence-electron chi connectivity index (χ0n) is 11.9. The predicted molar refractivity (Wildman–Crippen MR) is 74.4 cm³/mol. The highest BCUT2D eigenvalue weighted by atomic mass is 19.4. The number of halogens is 3. The van der Waals surface area contributed by atoms with Gasteiger partial charge < -0.3 is 10.2 Å². The summed E-state index contributed by atoms with van der Waals surface area (Å²) in [6.45, 7) is 1.24. The summed E-state index contributed by atoms with van der Waals surface area (Å²) in [6, 6.07) is 2.73. The van der Waals surface area contributed by atoms with E-state index in [9.17, 15) is 23.3 Å². The van der Waals surface area contributed by atoms with Crippen molar-refractivity contribution in [3.63, 3.8) is 0 Å². The number of hydrogen-bond donors (Lipinski definition) is 1.